The summed E-state index contributed by atoms with van der Waals surface area (Å²) < 4.78 is 4.80. The van der Waals surface area contributed by atoms with Crippen LogP contribution in [-0.2, 0) is 30.4 Å². The third kappa shape index (κ3) is 5.17. The van der Waals surface area contributed by atoms with Crippen molar-refractivity contribution in [3.8, 4) is 0 Å². The number of hydrogen-bond acceptors (Lipinski definition) is 6. The first-order valence-electron chi connectivity index (χ1n) is 7.67. The molecule has 0 bridgehead atoms. The molecule has 132 valence electrons. The summed E-state index contributed by atoms with van der Waals surface area (Å²) in [6.07, 6.45) is 0.635. The van der Waals surface area contributed by atoms with Gasteiger partial charge in [-0.15, -0.1) is 5.06 Å². The Bertz CT molecular complexity index is 657. The molecule has 8 nitrogen and oxygen atoms in total. The minimum absolute atomic E-state index is 0.00965. The molecule has 1 N–H and O–H groups in total. The second-order valence-electron chi connectivity index (χ2n) is 5.27. The van der Waals surface area contributed by atoms with E-state index < -0.39 is 29.9 Å². The van der Waals surface area contributed by atoms with Crippen LogP contribution in [0.4, 0.5) is 4.79 Å². The topological polar surface area (TPSA) is 102 Å². The van der Waals surface area contributed by atoms with E-state index in [-0.39, 0.29) is 25.9 Å². The fourth-order valence-electron chi connectivity index (χ4n) is 2.17. The Kier molecular flexibility index (Phi) is 6.27. The quantitative estimate of drug-likeness (QED) is 0.586. The van der Waals surface area contributed by atoms with E-state index in [0.29, 0.717) is 5.06 Å². The molecule has 1 aliphatic heterocycles. The van der Waals surface area contributed by atoms with E-state index in [9.17, 15) is 19.2 Å². The first-order chi connectivity index (χ1) is 12.0. The van der Waals surface area contributed by atoms with Crippen molar-refractivity contribution in [2.24, 2.45) is 0 Å². The van der Waals surface area contributed by atoms with Crippen LogP contribution in [0, 0.1) is 0 Å². The summed E-state index contributed by atoms with van der Waals surface area (Å²) in [5, 5.41) is 2.81. The van der Waals surface area contributed by atoms with Gasteiger partial charge in [-0.1, -0.05) is 43.0 Å². The first-order valence-corrected chi connectivity index (χ1v) is 7.67. The molecule has 0 aromatic heterocycles. The normalized spacial score (nSPS) is 14.8. The summed E-state index contributed by atoms with van der Waals surface area (Å²) in [7, 11) is 0. The largest absolute Gasteiger partial charge is 0.445 e. The number of hydroxylamine groups is 2. The monoisotopic (exact) mass is 346 g/mol. The fraction of sp³-hybridized carbons (Fsp3) is 0.294. The highest BCUT2D eigenvalue weighted by molar-refractivity contribution is 6.01. The van der Waals surface area contributed by atoms with E-state index in [2.05, 4.69) is 11.9 Å². The van der Waals surface area contributed by atoms with E-state index in [1.54, 1.807) is 24.3 Å². The molecule has 1 aliphatic rings. The predicted octanol–water partition coefficient (Wildman–Crippen LogP) is 1.12. The third-order valence-corrected chi connectivity index (χ3v) is 3.38. The molecule has 1 aromatic rings. The molecule has 1 saturated heterocycles. The van der Waals surface area contributed by atoms with Gasteiger partial charge in [0.25, 0.3) is 11.8 Å². The zero-order valence-corrected chi connectivity index (χ0v) is 13.5. The molecule has 0 spiro atoms. The second kappa shape index (κ2) is 8.62. The smallest absolute Gasteiger partial charge is 0.408 e. The average molecular weight is 346 g/mol. The van der Waals surface area contributed by atoms with Gasteiger partial charge in [-0.3, -0.25) is 9.59 Å². The Labute approximate surface area is 144 Å². The standard InChI is InChI=1S/C17H18N2O6/c1-2-10-24-17(23)18-13(11-12-6-4-3-5-7-12)16(22)25-19-14(20)8-9-15(19)21/h2-7,13H,1,8-11H2,(H,18,23). The van der Waals surface area contributed by atoms with Crippen molar-refractivity contribution >= 4 is 23.9 Å². The van der Waals surface area contributed by atoms with Crippen LogP contribution in [0.25, 0.3) is 0 Å². The van der Waals surface area contributed by atoms with Gasteiger partial charge in [0.2, 0.25) is 0 Å². The molecule has 0 radical (unpaired) electrons. The van der Waals surface area contributed by atoms with Gasteiger partial charge < -0.3 is 14.9 Å². The molecule has 2 rings (SSSR count). The maximum Gasteiger partial charge on any atom is 0.408 e. The molecule has 0 aliphatic carbocycles. The maximum absolute atomic E-state index is 12.3. The van der Waals surface area contributed by atoms with Gasteiger partial charge in [-0.05, 0) is 5.56 Å². The van der Waals surface area contributed by atoms with Gasteiger partial charge >= 0.3 is 12.1 Å². The number of ether oxygens (including phenoxy) is 1. The zero-order valence-electron chi connectivity index (χ0n) is 13.5. The highest BCUT2D eigenvalue weighted by atomic mass is 16.7. The number of rotatable bonds is 7. The van der Waals surface area contributed by atoms with Crippen LogP contribution in [0.1, 0.15) is 18.4 Å². The first kappa shape index (κ1) is 18.2. The van der Waals surface area contributed by atoms with E-state index in [1.165, 1.54) is 6.08 Å². The van der Waals surface area contributed by atoms with Crippen LogP contribution >= 0.6 is 0 Å². The number of carbonyl (C=O) groups excluding carboxylic acids is 4. The summed E-state index contributed by atoms with van der Waals surface area (Å²) in [5.41, 5.74) is 0.757. The van der Waals surface area contributed by atoms with Gasteiger partial charge in [0.15, 0.2) is 0 Å². The third-order valence-electron chi connectivity index (χ3n) is 3.38. The van der Waals surface area contributed by atoms with Gasteiger partial charge in [0, 0.05) is 19.3 Å². The van der Waals surface area contributed by atoms with Crippen LogP contribution in [-0.4, -0.2) is 41.6 Å². The van der Waals surface area contributed by atoms with Crippen molar-refractivity contribution in [1.82, 2.24) is 10.4 Å². The Hall–Kier alpha value is -3.16. The van der Waals surface area contributed by atoms with Gasteiger partial charge in [-0.2, -0.15) is 0 Å². The molecular formula is C17H18N2O6. The number of alkyl carbamates (subject to hydrolysis) is 1. The number of amides is 3. The Morgan fingerprint density at radius 1 is 1.20 bits per heavy atom. The van der Waals surface area contributed by atoms with E-state index in [0.717, 1.165) is 5.56 Å². The minimum Gasteiger partial charge on any atom is -0.445 e. The number of benzene rings is 1. The number of imide groups is 1. The Morgan fingerprint density at radius 2 is 1.84 bits per heavy atom. The lowest BCUT2D eigenvalue weighted by Gasteiger charge is -2.20. The van der Waals surface area contributed by atoms with Crippen molar-refractivity contribution in [3.05, 3.63) is 48.6 Å². The maximum atomic E-state index is 12.3. The summed E-state index contributed by atoms with van der Waals surface area (Å²) in [4.78, 5) is 52.1. The summed E-state index contributed by atoms with van der Waals surface area (Å²) in [6, 6.07) is 7.78. The highest BCUT2D eigenvalue weighted by Crippen LogP contribution is 2.14. The van der Waals surface area contributed by atoms with Crippen LogP contribution < -0.4 is 5.32 Å². The number of carbonyl (C=O) groups is 4. The van der Waals surface area contributed by atoms with Gasteiger partial charge in [0.05, 0.1) is 0 Å². The van der Waals surface area contributed by atoms with E-state index >= 15 is 0 Å². The molecular weight excluding hydrogens is 328 g/mol. The van der Waals surface area contributed by atoms with Crippen molar-refractivity contribution in [2.75, 3.05) is 6.61 Å². The lowest BCUT2D eigenvalue weighted by Crippen LogP contribution is -2.46. The molecule has 8 heteroatoms. The van der Waals surface area contributed by atoms with Gasteiger partial charge in [0.1, 0.15) is 12.6 Å². The second-order valence-corrected chi connectivity index (χ2v) is 5.27. The number of nitrogens with zero attached hydrogens (tertiary/aromatic N) is 1. The van der Waals surface area contributed by atoms with Crippen LogP contribution in [0.2, 0.25) is 0 Å². The molecule has 3 amide bonds. The minimum atomic E-state index is -1.12. The zero-order chi connectivity index (χ0) is 18.2. The molecule has 1 fully saturated rings. The highest BCUT2D eigenvalue weighted by Gasteiger charge is 2.35. The average Bonchev–Trinajstić information content (AvgIpc) is 2.92. The van der Waals surface area contributed by atoms with Crippen LogP contribution in [0.5, 0.6) is 0 Å². The van der Waals surface area contributed by atoms with E-state index in [4.69, 9.17) is 9.57 Å². The Balaban J connectivity index is 2.07. The molecule has 1 aromatic carbocycles. The van der Waals surface area contributed by atoms with Crippen molar-refractivity contribution in [3.63, 3.8) is 0 Å². The lowest BCUT2D eigenvalue weighted by molar-refractivity contribution is -0.198. The Morgan fingerprint density at radius 3 is 2.44 bits per heavy atom. The van der Waals surface area contributed by atoms with E-state index in [1.807, 2.05) is 6.07 Å². The molecule has 0 saturated carbocycles. The number of nitrogens with one attached hydrogen (secondary N) is 1. The fourth-order valence-corrected chi connectivity index (χ4v) is 2.17. The van der Waals surface area contributed by atoms with Gasteiger partial charge in [-0.25, -0.2) is 9.59 Å². The molecule has 1 heterocycles. The predicted molar refractivity (Wildman–Crippen MR) is 85.8 cm³/mol. The molecule has 1 unspecified atom stereocenters. The lowest BCUT2D eigenvalue weighted by atomic mass is 10.1. The van der Waals surface area contributed by atoms with Crippen molar-refractivity contribution in [2.45, 2.75) is 25.3 Å². The SMILES string of the molecule is C=CCOC(=O)NC(Cc1ccccc1)C(=O)ON1C(=O)CCC1=O. The van der Waals surface area contributed by atoms with Crippen molar-refractivity contribution in [1.29, 1.82) is 0 Å². The summed E-state index contributed by atoms with van der Waals surface area (Å²) in [5.74, 6) is -2.11. The van der Waals surface area contributed by atoms with Crippen LogP contribution in [0.15, 0.2) is 43.0 Å². The summed E-state index contributed by atoms with van der Waals surface area (Å²) in [6.45, 7) is 3.40. The molecule has 25 heavy (non-hydrogen) atoms. The van der Waals surface area contributed by atoms with Crippen LogP contribution in [0.3, 0.4) is 0 Å². The number of hydrogen-bond donors (Lipinski definition) is 1. The molecule has 1 atom stereocenters. The summed E-state index contributed by atoms with van der Waals surface area (Å²) >= 11 is 0. The van der Waals surface area contributed by atoms with Crippen molar-refractivity contribution < 1.29 is 28.8 Å².